The van der Waals surface area contributed by atoms with Crippen LogP contribution in [0, 0.1) is 24.5 Å². The summed E-state index contributed by atoms with van der Waals surface area (Å²) in [5, 5.41) is 6.66. The minimum absolute atomic E-state index is 0.112. The van der Waals surface area contributed by atoms with Gasteiger partial charge >= 0.3 is 0 Å². The Balaban J connectivity index is 1.89. The monoisotopic (exact) mass is 495 g/mol. The molecule has 4 nitrogen and oxygen atoms in total. The van der Waals surface area contributed by atoms with E-state index in [1.165, 1.54) is 12.1 Å². The number of H-pyrrole nitrogens is 1. The van der Waals surface area contributed by atoms with Crippen LogP contribution in [0.2, 0.25) is 5.02 Å². The highest BCUT2D eigenvalue weighted by atomic mass is 35.5. The summed E-state index contributed by atoms with van der Waals surface area (Å²) in [6, 6.07) is 8.70. The average Bonchev–Trinajstić information content (AvgIpc) is 3.29. The number of fused-ring (bicyclic) bond motifs is 1. The number of nitrogens with one attached hydrogen (secondary N) is 3. The van der Waals surface area contributed by atoms with Crippen LogP contribution in [0.1, 0.15) is 42.8 Å². The van der Waals surface area contributed by atoms with Gasteiger partial charge in [-0.1, -0.05) is 32.0 Å². The van der Waals surface area contributed by atoms with Gasteiger partial charge < -0.3 is 15.6 Å². The first-order valence-electron chi connectivity index (χ1n) is 11.6. The quantitative estimate of drug-likeness (QED) is 0.231. The number of benzene rings is 2. The molecule has 0 fully saturated rings. The first-order chi connectivity index (χ1) is 16.7. The van der Waals surface area contributed by atoms with Crippen LogP contribution < -0.4 is 10.6 Å². The molecule has 2 aromatic carbocycles. The molecule has 0 spiro atoms. The topological polar surface area (TPSA) is 56.9 Å². The Morgan fingerprint density at radius 1 is 1.20 bits per heavy atom. The van der Waals surface area contributed by atoms with Gasteiger partial charge in [-0.05, 0) is 74.3 Å². The normalized spacial score (nSPS) is 14.8. The molecule has 0 aliphatic carbocycles. The summed E-state index contributed by atoms with van der Waals surface area (Å²) in [7, 11) is 0. The summed E-state index contributed by atoms with van der Waals surface area (Å²) in [6.07, 6.45) is 2.55. The summed E-state index contributed by atoms with van der Waals surface area (Å²) < 4.78 is 28.9. The number of hydrogen-bond donors (Lipinski definition) is 3. The van der Waals surface area contributed by atoms with E-state index >= 15 is 4.39 Å². The fourth-order valence-corrected chi connectivity index (χ4v) is 4.67. The summed E-state index contributed by atoms with van der Waals surface area (Å²) in [4.78, 5) is 16.1. The van der Waals surface area contributed by atoms with Crippen molar-refractivity contribution in [1.82, 2.24) is 10.3 Å². The minimum atomic E-state index is -0.683. The van der Waals surface area contributed by atoms with Gasteiger partial charge in [-0.15, -0.1) is 0 Å². The molecule has 35 heavy (non-hydrogen) atoms. The third kappa shape index (κ3) is 4.95. The fourth-order valence-electron chi connectivity index (χ4n) is 4.49. The van der Waals surface area contributed by atoms with Crippen molar-refractivity contribution in [3.05, 3.63) is 82.1 Å². The van der Waals surface area contributed by atoms with E-state index < -0.39 is 11.6 Å². The number of carbonyl (C=O) groups is 1. The zero-order chi connectivity index (χ0) is 25.3. The Morgan fingerprint density at radius 3 is 2.69 bits per heavy atom. The Morgan fingerprint density at radius 2 is 1.97 bits per heavy atom. The predicted octanol–water partition coefficient (Wildman–Crippen LogP) is 7.06. The highest BCUT2D eigenvalue weighted by molar-refractivity contribution is 6.37. The van der Waals surface area contributed by atoms with E-state index in [4.69, 9.17) is 11.6 Å². The molecular formula is C28H28ClF2N3O. The lowest BCUT2D eigenvalue weighted by Gasteiger charge is -2.18. The van der Waals surface area contributed by atoms with Gasteiger partial charge in [-0.25, -0.2) is 8.78 Å². The molecule has 1 aliphatic rings. The minimum Gasteiger partial charge on any atom is -0.358 e. The van der Waals surface area contributed by atoms with Crippen molar-refractivity contribution in [2.75, 3.05) is 18.4 Å². The molecule has 3 aromatic rings. The largest absolute Gasteiger partial charge is 0.358 e. The van der Waals surface area contributed by atoms with Crippen LogP contribution in [0.5, 0.6) is 0 Å². The lowest BCUT2D eigenvalue weighted by atomic mass is 9.87. The van der Waals surface area contributed by atoms with E-state index in [9.17, 15) is 9.18 Å². The third-order valence-electron chi connectivity index (χ3n) is 6.39. The number of rotatable bonds is 8. The van der Waals surface area contributed by atoms with E-state index in [2.05, 4.69) is 36.0 Å². The summed E-state index contributed by atoms with van der Waals surface area (Å²) >= 11 is 6.18. The molecule has 1 unspecified atom stereocenters. The maximum Gasteiger partial charge on any atom is 0.256 e. The Bertz CT molecular complexity index is 1340. The summed E-state index contributed by atoms with van der Waals surface area (Å²) in [5.74, 6) is -1.51. The van der Waals surface area contributed by atoms with Crippen molar-refractivity contribution in [2.45, 2.75) is 27.2 Å². The van der Waals surface area contributed by atoms with Crippen molar-refractivity contribution in [1.29, 1.82) is 0 Å². The Labute approximate surface area is 209 Å². The van der Waals surface area contributed by atoms with Crippen LogP contribution in [0.4, 0.5) is 14.5 Å². The second kappa shape index (κ2) is 10.2. The maximum atomic E-state index is 15.1. The van der Waals surface area contributed by atoms with Crippen LogP contribution in [-0.2, 0) is 4.79 Å². The standard InChI is InChI=1S/C28H28ClF2N3O/c1-5-32-11-10-15(2)16(3)26-17(4)33-25(27(26)20-8-7-19(30)13-23(20)31)14-22-21-12-18(29)6-9-24(21)34-28(22)35/h6-9,12-15,32-33H,3,5,10-11H2,1-2,4H3,(H,34,35)/b22-14-. The van der Waals surface area contributed by atoms with Crippen LogP contribution in [0.25, 0.3) is 28.3 Å². The van der Waals surface area contributed by atoms with Crippen molar-refractivity contribution in [3.63, 3.8) is 0 Å². The van der Waals surface area contributed by atoms with Crippen LogP contribution in [-0.4, -0.2) is 24.0 Å². The van der Waals surface area contributed by atoms with Gasteiger partial charge in [-0.3, -0.25) is 4.79 Å². The van der Waals surface area contributed by atoms with Gasteiger partial charge in [0.1, 0.15) is 11.6 Å². The second-order valence-electron chi connectivity index (χ2n) is 8.81. The van der Waals surface area contributed by atoms with E-state index in [0.29, 0.717) is 33.1 Å². The first-order valence-corrected chi connectivity index (χ1v) is 12.0. The third-order valence-corrected chi connectivity index (χ3v) is 6.63. The van der Waals surface area contributed by atoms with E-state index in [-0.39, 0.29) is 17.4 Å². The van der Waals surface area contributed by atoms with E-state index in [1.54, 1.807) is 24.3 Å². The van der Waals surface area contributed by atoms with Gasteiger partial charge in [0.2, 0.25) is 0 Å². The van der Waals surface area contributed by atoms with Crippen LogP contribution in [0.3, 0.4) is 0 Å². The molecule has 1 atom stereocenters. The summed E-state index contributed by atoms with van der Waals surface area (Å²) in [5.41, 5.74) is 5.48. The maximum absolute atomic E-state index is 15.1. The highest BCUT2D eigenvalue weighted by Crippen LogP contribution is 2.42. The fraction of sp³-hybridized carbons (Fsp3) is 0.250. The average molecular weight is 496 g/mol. The zero-order valence-corrected chi connectivity index (χ0v) is 20.7. The van der Waals surface area contributed by atoms with Crippen molar-refractivity contribution in [3.8, 4) is 11.1 Å². The van der Waals surface area contributed by atoms with Crippen molar-refractivity contribution >= 4 is 40.4 Å². The van der Waals surface area contributed by atoms with Crippen LogP contribution >= 0.6 is 11.6 Å². The lowest BCUT2D eigenvalue weighted by Crippen LogP contribution is -2.17. The number of aromatic nitrogens is 1. The zero-order valence-electron chi connectivity index (χ0n) is 20.0. The van der Waals surface area contributed by atoms with Gasteiger partial charge in [0.15, 0.2) is 0 Å². The second-order valence-corrected chi connectivity index (χ2v) is 9.24. The van der Waals surface area contributed by atoms with Crippen LogP contribution in [0.15, 0.2) is 43.0 Å². The number of aromatic amines is 1. The first kappa shape index (κ1) is 24.9. The smallest absolute Gasteiger partial charge is 0.256 e. The van der Waals surface area contributed by atoms with Gasteiger partial charge in [-0.2, -0.15) is 0 Å². The molecule has 0 radical (unpaired) electrons. The molecule has 1 amide bonds. The lowest BCUT2D eigenvalue weighted by molar-refractivity contribution is -0.110. The molecule has 1 aliphatic heterocycles. The number of halogens is 3. The highest BCUT2D eigenvalue weighted by Gasteiger charge is 2.28. The molecule has 2 heterocycles. The molecule has 0 bridgehead atoms. The number of anilines is 1. The Kier molecular flexibility index (Phi) is 7.24. The number of allylic oxidation sites excluding steroid dienone is 1. The molecule has 7 heteroatoms. The molecule has 1 aromatic heterocycles. The number of amides is 1. The molecular weight excluding hydrogens is 468 g/mol. The predicted molar refractivity (Wildman–Crippen MR) is 140 cm³/mol. The SMILES string of the molecule is C=C(c1c(C)[nH]c(/C=C2\C(=O)Nc3ccc(Cl)cc32)c1-c1ccc(F)cc1F)C(C)CCNCC. The molecule has 0 saturated heterocycles. The van der Waals surface area contributed by atoms with E-state index in [0.717, 1.165) is 42.4 Å². The van der Waals surface area contributed by atoms with Gasteiger partial charge in [0.25, 0.3) is 5.91 Å². The van der Waals surface area contributed by atoms with Gasteiger partial charge in [0, 0.05) is 50.4 Å². The number of carbonyl (C=O) groups excluding carboxylic acids is 1. The van der Waals surface area contributed by atoms with Crippen molar-refractivity contribution < 1.29 is 13.6 Å². The Hall–Kier alpha value is -3.22. The van der Waals surface area contributed by atoms with Crippen molar-refractivity contribution in [2.24, 2.45) is 5.92 Å². The summed E-state index contributed by atoms with van der Waals surface area (Å²) in [6.45, 7) is 12.1. The number of aryl methyl sites for hydroxylation is 1. The molecule has 0 saturated carbocycles. The van der Waals surface area contributed by atoms with Gasteiger partial charge in [0.05, 0.1) is 5.57 Å². The van der Waals surface area contributed by atoms with E-state index in [1.807, 2.05) is 6.92 Å². The molecule has 3 N–H and O–H groups in total. The number of hydrogen-bond acceptors (Lipinski definition) is 2. The molecule has 4 rings (SSSR count). The molecule has 182 valence electrons.